The monoisotopic (exact) mass is 456 g/mol. The quantitative estimate of drug-likeness (QED) is 0.436. The van der Waals surface area contributed by atoms with E-state index in [0.717, 1.165) is 83.9 Å². The minimum atomic E-state index is 0.572. The fourth-order valence-electron chi connectivity index (χ4n) is 4.63. The van der Waals surface area contributed by atoms with Crippen LogP contribution < -0.4 is 10.0 Å². The maximum absolute atomic E-state index is 5.44. The zero-order valence-corrected chi connectivity index (χ0v) is 19.7. The normalized spacial score (nSPS) is 18.1. The summed E-state index contributed by atoms with van der Waals surface area (Å²) in [4.78, 5) is 11.9. The third kappa shape index (κ3) is 4.80. The van der Waals surface area contributed by atoms with Gasteiger partial charge in [0.05, 0.1) is 29.3 Å². The lowest BCUT2D eigenvalue weighted by Crippen LogP contribution is -2.39. The van der Waals surface area contributed by atoms with Gasteiger partial charge in [-0.05, 0) is 56.3 Å². The summed E-state index contributed by atoms with van der Waals surface area (Å²) >= 11 is 1.70. The smallest absolute Gasteiger partial charge is 0.201 e. The van der Waals surface area contributed by atoms with Crippen LogP contribution >= 0.6 is 11.9 Å². The SMILES string of the molecule is Cc1noc(C)c1-c1cc(SNC2CCCC2)c2nc(NCCN3CCOCC3)[nH]c2c1. The van der Waals surface area contributed by atoms with Crippen molar-refractivity contribution < 1.29 is 9.26 Å². The Labute approximate surface area is 193 Å². The maximum Gasteiger partial charge on any atom is 0.201 e. The van der Waals surface area contributed by atoms with Crippen molar-refractivity contribution in [3.8, 4) is 11.1 Å². The minimum absolute atomic E-state index is 0.572. The van der Waals surface area contributed by atoms with Crippen molar-refractivity contribution in [2.45, 2.75) is 50.5 Å². The first-order valence-electron chi connectivity index (χ1n) is 11.6. The van der Waals surface area contributed by atoms with Gasteiger partial charge >= 0.3 is 0 Å². The molecule has 0 unspecified atom stereocenters. The molecule has 2 fully saturated rings. The molecule has 0 spiro atoms. The predicted molar refractivity (Wildman–Crippen MR) is 128 cm³/mol. The largest absolute Gasteiger partial charge is 0.379 e. The second-order valence-electron chi connectivity index (χ2n) is 8.74. The lowest BCUT2D eigenvalue weighted by atomic mass is 10.0. The van der Waals surface area contributed by atoms with Gasteiger partial charge in [0.1, 0.15) is 11.3 Å². The third-order valence-corrected chi connectivity index (χ3v) is 7.37. The van der Waals surface area contributed by atoms with Crippen molar-refractivity contribution in [1.29, 1.82) is 0 Å². The number of hydrogen-bond donors (Lipinski definition) is 3. The van der Waals surface area contributed by atoms with E-state index in [-0.39, 0.29) is 0 Å². The van der Waals surface area contributed by atoms with Gasteiger partial charge in [-0.2, -0.15) is 0 Å². The molecule has 0 amide bonds. The van der Waals surface area contributed by atoms with Crippen molar-refractivity contribution in [2.75, 3.05) is 44.7 Å². The maximum atomic E-state index is 5.44. The second kappa shape index (κ2) is 9.82. The van der Waals surface area contributed by atoms with Gasteiger partial charge in [0.15, 0.2) is 0 Å². The Morgan fingerprint density at radius 2 is 2.00 bits per heavy atom. The van der Waals surface area contributed by atoms with E-state index in [1.807, 2.05) is 13.8 Å². The van der Waals surface area contributed by atoms with Gasteiger partial charge in [-0.1, -0.05) is 18.0 Å². The molecule has 3 N–H and O–H groups in total. The highest BCUT2D eigenvalue weighted by Crippen LogP contribution is 2.35. The highest BCUT2D eigenvalue weighted by Gasteiger charge is 2.19. The van der Waals surface area contributed by atoms with Crippen LogP contribution in [-0.4, -0.2) is 65.5 Å². The van der Waals surface area contributed by atoms with E-state index in [0.29, 0.717) is 6.04 Å². The highest BCUT2D eigenvalue weighted by molar-refractivity contribution is 7.97. The number of hydrogen-bond acceptors (Lipinski definition) is 8. The number of aryl methyl sites for hydroxylation is 2. The number of ether oxygens (including phenoxy) is 1. The molecule has 1 aliphatic heterocycles. The molecule has 1 aromatic carbocycles. The Hall–Kier alpha value is -2.07. The number of anilines is 1. The Morgan fingerprint density at radius 3 is 2.75 bits per heavy atom. The number of rotatable bonds is 8. The van der Waals surface area contributed by atoms with E-state index in [9.17, 15) is 0 Å². The number of nitrogens with zero attached hydrogens (tertiary/aromatic N) is 3. The van der Waals surface area contributed by atoms with Gasteiger partial charge in [0.25, 0.3) is 0 Å². The lowest BCUT2D eigenvalue weighted by Gasteiger charge is -2.26. The van der Waals surface area contributed by atoms with Gasteiger partial charge in [-0.3, -0.25) is 9.62 Å². The number of benzene rings is 1. The van der Waals surface area contributed by atoms with E-state index in [4.69, 9.17) is 14.2 Å². The molecule has 5 rings (SSSR count). The molecule has 9 heteroatoms. The molecule has 0 bridgehead atoms. The van der Waals surface area contributed by atoms with E-state index in [1.54, 1.807) is 11.9 Å². The molecule has 3 heterocycles. The molecule has 32 heavy (non-hydrogen) atoms. The lowest BCUT2D eigenvalue weighted by molar-refractivity contribution is 0.0398. The number of imidazole rings is 1. The van der Waals surface area contributed by atoms with Crippen molar-refractivity contribution in [3.63, 3.8) is 0 Å². The van der Waals surface area contributed by atoms with E-state index in [2.05, 4.69) is 37.2 Å². The molecule has 0 atom stereocenters. The van der Waals surface area contributed by atoms with E-state index < -0.39 is 0 Å². The first kappa shape index (κ1) is 21.8. The average molecular weight is 457 g/mol. The van der Waals surface area contributed by atoms with Crippen LogP contribution in [-0.2, 0) is 4.74 Å². The number of H-pyrrole nitrogens is 1. The number of aromatic nitrogens is 3. The summed E-state index contributed by atoms with van der Waals surface area (Å²) < 4.78 is 14.5. The number of nitrogens with one attached hydrogen (secondary N) is 3. The van der Waals surface area contributed by atoms with E-state index >= 15 is 0 Å². The molecule has 172 valence electrons. The van der Waals surface area contributed by atoms with Crippen molar-refractivity contribution >= 4 is 28.9 Å². The summed E-state index contributed by atoms with van der Waals surface area (Å²) in [6, 6.07) is 4.93. The molecule has 2 aliphatic rings. The summed E-state index contributed by atoms with van der Waals surface area (Å²) in [6.45, 7) is 9.43. The summed E-state index contributed by atoms with van der Waals surface area (Å²) in [5, 5.41) is 7.63. The predicted octanol–water partition coefficient (Wildman–Crippen LogP) is 4.12. The standard InChI is InChI=1S/C23H32N6O2S/c1-15-21(16(2)31-27-15)17-13-19-22(20(14-17)32-28-18-5-3-4-6-18)26-23(25-19)24-7-8-29-9-11-30-12-10-29/h13-14,18,28H,3-12H2,1-2H3,(H2,24,25,26). The van der Waals surface area contributed by atoms with Crippen LogP contribution in [0.2, 0.25) is 0 Å². The van der Waals surface area contributed by atoms with Gasteiger partial charge < -0.3 is 19.6 Å². The summed E-state index contributed by atoms with van der Waals surface area (Å²) in [5.74, 6) is 1.65. The summed E-state index contributed by atoms with van der Waals surface area (Å²) in [6.07, 6.45) is 5.11. The fraction of sp³-hybridized carbons (Fsp3) is 0.565. The molecule has 1 saturated heterocycles. The molecule has 0 radical (unpaired) electrons. The van der Waals surface area contributed by atoms with Crippen LogP contribution in [0.3, 0.4) is 0 Å². The fourth-order valence-corrected chi connectivity index (χ4v) is 5.60. The molecule has 1 saturated carbocycles. The molecular formula is C23H32N6O2S. The van der Waals surface area contributed by atoms with Gasteiger partial charge in [-0.25, -0.2) is 4.98 Å². The van der Waals surface area contributed by atoms with Crippen LogP contribution in [0.25, 0.3) is 22.2 Å². The summed E-state index contributed by atoms with van der Waals surface area (Å²) in [5.41, 5.74) is 5.08. The van der Waals surface area contributed by atoms with Gasteiger partial charge in [-0.15, -0.1) is 0 Å². The van der Waals surface area contributed by atoms with Crippen molar-refractivity contribution in [1.82, 2.24) is 24.7 Å². The summed E-state index contributed by atoms with van der Waals surface area (Å²) in [7, 11) is 0. The number of fused-ring (bicyclic) bond motifs is 1. The Morgan fingerprint density at radius 1 is 1.19 bits per heavy atom. The molecule has 8 nitrogen and oxygen atoms in total. The van der Waals surface area contributed by atoms with Gasteiger partial charge in [0, 0.05) is 37.8 Å². The zero-order chi connectivity index (χ0) is 21.9. The Bertz CT molecular complexity index is 1030. The highest BCUT2D eigenvalue weighted by atomic mass is 32.2. The first-order chi connectivity index (χ1) is 15.7. The number of aromatic amines is 1. The molecular weight excluding hydrogens is 424 g/mol. The second-order valence-corrected chi connectivity index (χ2v) is 9.62. The van der Waals surface area contributed by atoms with Crippen LogP contribution in [0.4, 0.5) is 5.95 Å². The van der Waals surface area contributed by atoms with Crippen LogP contribution in [0.5, 0.6) is 0 Å². The number of morpholine rings is 1. The Balaban J connectivity index is 1.38. The van der Waals surface area contributed by atoms with E-state index in [1.165, 1.54) is 25.7 Å². The first-order valence-corrected chi connectivity index (χ1v) is 12.4. The van der Waals surface area contributed by atoms with Crippen LogP contribution in [0.15, 0.2) is 21.6 Å². The average Bonchev–Trinajstić information content (AvgIpc) is 3.53. The van der Waals surface area contributed by atoms with Crippen molar-refractivity contribution in [2.24, 2.45) is 0 Å². The molecule has 1 aliphatic carbocycles. The molecule has 3 aromatic rings. The topological polar surface area (TPSA) is 91.2 Å². The van der Waals surface area contributed by atoms with Crippen LogP contribution in [0.1, 0.15) is 37.1 Å². The zero-order valence-electron chi connectivity index (χ0n) is 18.9. The van der Waals surface area contributed by atoms with Gasteiger partial charge in [0.2, 0.25) is 5.95 Å². The molecule has 2 aromatic heterocycles. The van der Waals surface area contributed by atoms with Crippen molar-refractivity contribution in [3.05, 3.63) is 23.6 Å². The third-order valence-electron chi connectivity index (χ3n) is 6.39. The van der Waals surface area contributed by atoms with Crippen LogP contribution in [0, 0.1) is 13.8 Å². The Kier molecular flexibility index (Phi) is 6.68. The minimum Gasteiger partial charge on any atom is -0.379 e.